The van der Waals surface area contributed by atoms with Crippen molar-refractivity contribution in [1.82, 2.24) is 14.9 Å². The molecule has 0 aliphatic heterocycles. The Bertz CT molecular complexity index is 1030. The predicted molar refractivity (Wildman–Crippen MR) is 103 cm³/mol. The third kappa shape index (κ3) is 3.77. The fourth-order valence-corrected chi connectivity index (χ4v) is 3.15. The van der Waals surface area contributed by atoms with Crippen molar-refractivity contribution in [3.8, 4) is 5.75 Å². The van der Waals surface area contributed by atoms with Crippen molar-refractivity contribution in [3.63, 3.8) is 0 Å². The first-order valence-corrected chi connectivity index (χ1v) is 8.84. The van der Waals surface area contributed by atoms with Crippen LogP contribution in [0.25, 0.3) is 10.9 Å². The number of aromatic nitrogens is 2. The molecule has 0 saturated carbocycles. The average Bonchev–Trinajstić information content (AvgIpc) is 2.63. The molecule has 0 fully saturated rings. The molecule has 0 unspecified atom stereocenters. The topological polar surface area (TPSA) is 73.2 Å². The quantitative estimate of drug-likeness (QED) is 0.695. The number of carbonyl (C=O) groups is 1. The summed E-state index contributed by atoms with van der Waals surface area (Å²) in [6, 6.07) is 12.7. The van der Waals surface area contributed by atoms with Gasteiger partial charge in [-0.05, 0) is 37.3 Å². The molecule has 134 valence electrons. The molecule has 1 amide bonds. The maximum absolute atomic E-state index is 12.6. The van der Waals surface area contributed by atoms with Crippen molar-refractivity contribution < 1.29 is 9.53 Å². The van der Waals surface area contributed by atoms with Gasteiger partial charge in [-0.1, -0.05) is 28.1 Å². The lowest BCUT2D eigenvalue weighted by molar-refractivity contribution is -0.121. The van der Waals surface area contributed by atoms with Crippen LogP contribution < -0.4 is 15.6 Å². The maximum Gasteiger partial charge on any atom is 0.261 e. The van der Waals surface area contributed by atoms with Gasteiger partial charge in [-0.15, -0.1) is 0 Å². The standard InChI is InChI=1S/C19H18BrN3O3/c1-12-22-16-6-4-3-5-15(16)19(25)23(12)11-18(24)21-10-13-9-14(20)7-8-17(13)26-2/h3-9H,10-11H2,1-2H3,(H,21,24). The second kappa shape index (κ2) is 7.70. The highest BCUT2D eigenvalue weighted by molar-refractivity contribution is 9.10. The number of hydrogen-bond acceptors (Lipinski definition) is 4. The van der Waals surface area contributed by atoms with Gasteiger partial charge < -0.3 is 10.1 Å². The summed E-state index contributed by atoms with van der Waals surface area (Å²) in [6.07, 6.45) is 0. The summed E-state index contributed by atoms with van der Waals surface area (Å²) in [4.78, 5) is 29.4. The largest absolute Gasteiger partial charge is 0.496 e. The molecule has 26 heavy (non-hydrogen) atoms. The summed E-state index contributed by atoms with van der Waals surface area (Å²) in [6.45, 7) is 1.94. The van der Waals surface area contributed by atoms with E-state index in [0.29, 0.717) is 29.0 Å². The fraction of sp³-hybridized carbons (Fsp3) is 0.211. The fourth-order valence-electron chi connectivity index (χ4n) is 2.74. The molecule has 3 rings (SSSR count). The molecule has 0 radical (unpaired) electrons. The maximum atomic E-state index is 12.6. The Morgan fingerprint density at radius 1 is 1.27 bits per heavy atom. The number of methoxy groups -OCH3 is 1. The Morgan fingerprint density at radius 3 is 2.81 bits per heavy atom. The zero-order chi connectivity index (χ0) is 18.7. The van der Waals surface area contributed by atoms with E-state index in [0.717, 1.165) is 10.0 Å². The van der Waals surface area contributed by atoms with Crippen molar-refractivity contribution in [3.05, 3.63) is 68.7 Å². The molecule has 0 bridgehead atoms. The molecule has 1 N–H and O–H groups in total. The van der Waals surface area contributed by atoms with Crippen LogP contribution in [-0.2, 0) is 17.9 Å². The number of fused-ring (bicyclic) bond motifs is 1. The normalized spacial score (nSPS) is 10.7. The minimum atomic E-state index is -0.269. The summed E-state index contributed by atoms with van der Waals surface area (Å²) in [7, 11) is 1.58. The SMILES string of the molecule is COc1ccc(Br)cc1CNC(=O)Cn1c(C)nc2ccccc2c1=O. The molecular weight excluding hydrogens is 398 g/mol. The van der Waals surface area contributed by atoms with E-state index in [2.05, 4.69) is 26.2 Å². The third-order valence-corrected chi connectivity index (χ3v) is 4.57. The molecule has 2 aromatic carbocycles. The highest BCUT2D eigenvalue weighted by Gasteiger charge is 2.12. The van der Waals surface area contributed by atoms with E-state index in [1.165, 1.54) is 4.57 Å². The molecule has 0 saturated heterocycles. The number of carbonyl (C=O) groups excluding carboxylic acids is 1. The first-order chi connectivity index (χ1) is 12.5. The number of amides is 1. The van der Waals surface area contributed by atoms with Gasteiger partial charge in [0.1, 0.15) is 18.1 Å². The summed E-state index contributed by atoms with van der Waals surface area (Å²) in [5.41, 5.74) is 1.25. The van der Waals surface area contributed by atoms with Crippen LogP contribution >= 0.6 is 15.9 Å². The van der Waals surface area contributed by atoms with Crippen molar-refractivity contribution in [2.45, 2.75) is 20.0 Å². The minimum Gasteiger partial charge on any atom is -0.496 e. The van der Waals surface area contributed by atoms with Crippen LogP contribution in [0.3, 0.4) is 0 Å². The number of nitrogens with one attached hydrogen (secondary N) is 1. The lowest BCUT2D eigenvalue weighted by atomic mass is 10.2. The highest BCUT2D eigenvalue weighted by atomic mass is 79.9. The summed E-state index contributed by atoms with van der Waals surface area (Å²) in [5.74, 6) is 0.924. The van der Waals surface area contributed by atoms with Gasteiger partial charge in [-0.3, -0.25) is 14.2 Å². The van der Waals surface area contributed by atoms with Gasteiger partial charge in [0.2, 0.25) is 5.91 Å². The van der Waals surface area contributed by atoms with Gasteiger partial charge in [0.25, 0.3) is 5.56 Å². The third-order valence-electron chi connectivity index (χ3n) is 4.07. The van der Waals surface area contributed by atoms with Crippen molar-refractivity contribution in [2.24, 2.45) is 0 Å². The van der Waals surface area contributed by atoms with Crippen molar-refractivity contribution in [2.75, 3.05) is 7.11 Å². The molecule has 7 heteroatoms. The summed E-state index contributed by atoms with van der Waals surface area (Å²) < 4.78 is 7.58. The van der Waals surface area contributed by atoms with Gasteiger partial charge in [-0.25, -0.2) is 4.98 Å². The first kappa shape index (κ1) is 18.1. The molecule has 3 aromatic rings. The Morgan fingerprint density at radius 2 is 2.04 bits per heavy atom. The van der Waals surface area contributed by atoms with E-state index in [1.54, 1.807) is 32.2 Å². The number of ether oxygens (including phenoxy) is 1. The second-order valence-electron chi connectivity index (χ2n) is 5.80. The molecule has 0 spiro atoms. The molecule has 0 aliphatic rings. The number of benzene rings is 2. The number of hydrogen-bond donors (Lipinski definition) is 1. The molecule has 0 atom stereocenters. The first-order valence-electron chi connectivity index (χ1n) is 8.05. The Hall–Kier alpha value is -2.67. The van der Waals surface area contributed by atoms with E-state index in [4.69, 9.17) is 4.74 Å². The van der Waals surface area contributed by atoms with Gasteiger partial charge in [0.05, 0.1) is 18.0 Å². The average molecular weight is 416 g/mol. The number of rotatable bonds is 5. The molecule has 6 nitrogen and oxygen atoms in total. The summed E-state index contributed by atoms with van der Waals surface area (Å²) >= 11 is 3.41. The highest BCUT2D eigenvalue weighted by Crippen LogP contribution is 2.22. The zero-order valence-corrected chi connectivity index (χ0v) is 16.0. The van der Waals surface area contributed by atoms with E-state index >= 15 is 0 Å². The minimum absolute atomic E-state index is 0.0845. The smallest absolute Gasteiger partial charge is 0.261 e. The molecular formula is C19H18BrN3O3. The van der Waals surface area contributed by atoms with Crippen LogP contribution in [0.2, 0.25) is 0 Å². The lowest BCUT2D eigenvalue weighted by Gasteiger charge is -2.13. The summed E-state index contributed by atoms with van der Waals surface area (Å²) in [5, 5.41) is 3.32. The monoisotopic (exact) mass is 415 g/mol. The van der Waals surface area contributed by atoms with Gasteiger partial charge in [0.15, 0.2) is 0 Å². The van der Waals surface area contributed by atoms with Crippen LogP contribution in [0, 0.1) is 6.92 Å². The van der Waals surface area contributed by atoms with Crippen LogP contribution in [0.5, 0.6) is 5.75 Å². The van der Waals surface area contributed by atoms with Gasteiger partial charge >= 0.3 is 0 Å². The van der Waals surface area contributed by atoms with Crippen LogP contribution in [-0.4, -0.2) is 22.6 Å². The van der Waals surface area contributed by atoms with E-state index in [9.17, 15) is 9.59 Å². The Balaban J connectivity index is 1.78. The number of para-hydroxylation sites is 1. The lowest BCUT2D eigenvalue weighted by Crippen LogP contribution is -2.33. The number of halogens is 1. The predicted octanol–water partition coefficient (Wildman–Crippen LogP) is 2.79. The number of aryl methyl sites for hydroxylation is 1. The molecule has 1 aromatic heterocycles. The molecule has 0 aliphatic carbocycles. The molecule has 1 heterocycles. The van der Waals surface area contributed by atoms with Gasteiger partial charge in [0, 0.05) is 16.6 Å². The van der Waals surface area contributed by atoms with E-state index < -0.39 is 0 Å². The Labute approximate surface area is 158 Å². The van der Waals surface area contributed by atoms with Crippen LogP contribution in [0.1, 0.15) is 11.4 Å². The van der Waals surface area contributed by atoms with E-state index in [1.807, 2.05) is 24.3 Å². The van der Waals surface area contributed by atoms with Crippen molar-refractivity contribution in [1.29, 1.82) is 0 Å². The second-order valence-corrected chi connectivity index (χ2v) is 6.72. The van der Waals surface area contributed by atoms with Crippen LogP contribution in [0.15, 0.2) is 51.7 Å². The zero-order valence-electron chi connectivity index (χ0n) is 14.5. The van der Waals surface area contributed by atoms with Crippen LogP contribution in [0.4, 0.5) is 0 Å². The van der Waals surface area contributed by atoms with E-state index in [-0.39, 0.29) is 18.0 Å². The Kier molecular flexibility index (Phi) is 5.37. The van der Waals surface area contributed by atoms with Crippen molar-refractivity contribution >= 4 is 32.7 Å². The van der Waals surface area contributed by atoms with Gasteiger partial charge in [-0.2, -0.15) is 0 Å². The number of nitrogens with zero attached hydrogens (tertiary/aromatic N) is 2.